The van der Waals surface area contributed by atoms with Gasteiger partial charge in [-0.3, -0.25) is 0 Å². The van der Waals surface area contributed by atoms with Crippen molar-refractivity contribution in [3.8, 4) is 0 Å². The van der Waals surface area contributed by atoms with Gasteiger partial charge < -0.3 is 10.0 Å². The molecule has 0 unspecified atom stereocenters. The molecule has 4 heteroatoms. The molecule has 2 aromatic rings. The molecule has 1 N–H and O–H groups in total. The maximum atomic E-state index is 11.3. The Balaban J connectivity index is 2.55. The number of carboxylic acids is 1. The van der Waals surface area contributed by atoms with Crippen LogP contribution in [0.25, 0.3) is 0 Å². The van der Waals surface area contributed by atoms with Crippen LogP contribution in [0.4, 0.5) is 11.4 Å². The van der Waals surface area contributed by atoms with E-state index in [1.165, 1.54) is 0 Å². The van der Waals surface area contributed by atoms with Crippen molar-refractivity contribution in [3.05, 3.63) is 58.6 Å². The highest BCUT2D eigenvalue weighted by Crippen LogP contribution is 2.34. The highest BCUT2D eigenvalue weighted by molar-refractivity contribution is 6.34. The number of carboxylic acid groups (broad SMARTS) is 1. The molecule has 0 spiro atoms. The van der Waals surface area contributed by atoms with Crippen LogP contribution in [0, 0.1) is 6.92 Å². The molecule has 0 saturated carbocycles. The molecule has 98 valence electrons. The largest absolute Gasteiger partial charge is 0.478 e. The third-order valence-corrected chi connectivity index (χ3v) is 3.25. The summed E-state index contributed by atoms with van der Waals surface area (Å²) in [7, 11) is 1.81. The summed E-state index contributed by atoms with van der Waals surface area (Å²) in [5, 5.41) is 9.68. The van der Waals surface area contributed by atoms with Crippen LogP contribution < -0.4 is 4.90 Å². The molecule has 0 amide bonds. The number of anilines is 2. The zero-order valence-corrected chi connectivity index (χ0v) is 11.5. The van der Waals surface area contributed by atoms with E-state index in [9.17, 15) is 9.90 Å². The zero-order chi connectivity index (χ0) is 14.0. The van der Waals surface area contributed by atoms with E-state index in [1.807, 2.05) is 38.2 Å². The van der Waals surface area contributed by atoms with E-state index in [2.05, 4.69) is 0 Å². The lowest BCUT2D eigenvalue weighted by Gasteiger charge is -2.23. The van der Waals surface area contributed by atoms with Crippen molar-refractivity contribution < 1.29 is 9.90 Å². The number of hydrogen-bond donors (Lipinski definition) is 1. The number of halogens is 1. The number of nitrogens with zero attached hydrogens (tertiary/aromatic N) is 1. The number of benzene rings is 2. The highest BCUT2D eigenvalue weighted by Gasteiger charge is 2.17. The molecule has 0 fully saturated rings. The van der Waals surface area contributed by atoms with Crippen molar-refractivity contribution in [2.45, 2.75) is 6.92 Å². The SMILES string of the molecule is Cc1cccc(N(C)c2c(Cl)cccc2C(=O)O)c1. The fourth-order valence-electron chi connectivity index (χ4n) is 1.99. The van der Waals surface area contributed by atoms with Crippen molar-refractivity contribution in [2.75, 3.05) is 11.9 Å². The van der Waals surface area contributed by atoms with E-state index < -0.39 is 5.97 Å². The first-order valence-electron chi connectivity index (χ1n) is 5.83. The van der Waals surface area contributed by atoms with Crippen LogP contribution in [0.3, 0.4) is 0 Å². The van der Waals surface area contributed by atoms with Crippen molar-refractivity contribution in [2.24, 2.45) is 0 Å². The first-order valence-corrected chi connectivity index (χ1v) is 6.20. The van der Waals surface area contributed by atoms with E-state index >= 15 is 0 Å². The molecule has 0 aliphatic rings. The molecule has 0 heterocycles. The van der Waals surface area contributed by atoms with Crippen LogP contribution in [0.5, 0.6) is 0 Å². The number of hydrogen-bond acceptors (Lipinski definition) is 2. The molecule has 0 aromatic heterocycles. The van der Waals surface area contributed by atoms with Gasteiger partial charge >= 0.3 is 5.97 Å². The summed E-state index contributed by atoms with van der Waals surface area (Å²) in [6, 6.07) is 12.7. The Labute approximate surface area is 117 Å². The summed E-state index contributed by atoms with van der Waals surface area (Å²) in [6.07, 6.45) is 0. The maximum Gasteiger partial charge on any atom is 0.337 e. The Morgan fingerprint density at radius 2 is 1.89 bits per heavy atom. The minimum absolute atomic E-state index is 0.191. The lowest BCUT2D eigenvalue weighted by Crippen LogP contribution is -2.14. The Hall–Kier alpha value is -2.00. The van der Waals surface area contributed by atoms with Gasteiger partial charge in [0.15, 0.2) is 0 Å². The molecular weight excluding hydrogens is 262 g/mol. The Kier molecular flexibility index (Phi) is 3.76. The van der Waals surface area contributed by atoms with Gasteiger partial charge in [0.2, 0.25) is 0 Å². The van der Waals surface area contributed by atoms with E-state index in [1.54, 1.807) is 23.1 Å². The second-order valence-electron chi connectivity index (χ2n) is 4.34. The molecule has 0 atom stereocenters. The van der Waals surface area contributed by atoms with Gasteiger partial charge in [0.1, 0.15) is 0 Å². The fraction of sp³-hybridized carbons (Fsp3) is 0.133. The first kappa shape index (κ1) is 13.4. The molecule has 3 nitrogen and oxygen atoms in total. The first-order chi connectivity index (χ1) is 9.00. The Morgan fingerprint density at radius 1 is 1.21 bits per heavy atom. The van der Waals surface area contributed by atoms with Crippen LogP contribution in [0.15, 0.2) is 42.5 Å². The van der Waals surface area contributed by atoms with Gasteiger partial charge in [0, 0.05) is 12.7 Å². The molecule has 2 rings (SSSR count). The lowest BCUT2D eigenvalue weighted by molar-refractivity contribution is 0.0697. The van der Waals surface area contributed by atoms with Gasteiger partial charge in [0.05, 0.1) is 16.3 Å². The minimum atomic E-state index is -0.989. The van der Waals surface area contributed by atoms with Crippen molar-refractivity contribution in [3.63, 3.8) is 0 Å². The molecule has 19 heavy (non-hydrogen) atoms. The van der Waals surface area contributed by atoms with Crippen LogP contribution >= 0.6 is 11.6 Å². The average Bonchev–Trinajstić information content (AvgIpc) is 2.37. The van der Waals surface area contributed by atoms with Crippen LogP contribution in [0.2, 0.25) is 5.02 Å². The van der Waals surface area contributed by atoms with Crippen LogP contribution in [-0.2, 0) is 0 Å². The van der Waals surface area contributed by atoms with Gasteiger partial charge in [-0.1, -0.05) is 29.8 Å². The van der Waals surface area contributed by atoms with E-state index in [-0.39, 0.29) is 5.56 Å². The van der Waals surface area contributed by atoms with Gasteiger partial charge in [0.25, 0.3) is 0 Å². The predicted molar refractivity (Wildman–Crippen MR) is 77.7 cm³/mol. The lowest BCUT2D eigenvalue weighted by atomic mass is 10.1. The zero-order valence-electron chi connectivity index (χ0n) is 10.7. The van der Waals surface area contributed by atoms with Crippen molar-refractivity contribution >= 4 is 28.9 Å². The van der Waals surface area contributed by atoms with Crippen LogP contribution in [0.1, 0.15) is 15.9 Å². The third kappa shape index (κ3) is 2.71. The molecule has 0 saturated heterocycles. The second-order valence-corrected chi connectivity index (χ2v) is 4.75. The van der Waals surface area contributed by atoms with Crippen molar-refractivity contribution in [1.29, 1.82) is 0 Å². The topological polar surface area (TPSA) is 40.5 Å². The molecular formula is C15H14ClNO2. The summed E-state index contributed by atoms with van der Waals surface area (Å²) in [5.41, 5.74) is 2.70. The summed E-state index contributed by atoms with van der Waals surface area (Å²) in [5.74, 6) is -0.989. The molecule has 0 radical (unpaired) electrons. The van der Waals surface area contributed by atoms with E-state index in [0.29, 0.717) is 10.7 Å². The highest BCUT2D eigenvalue weighted by atomic mass is 35.5. The summed E-state index contributed by atoms with van der Waals surface area (Å²) in [6.45, 7) is 1.99. The maximum absolute atomic E-state index is 11.3. The number of carbonyl (C=O) groups is 1. The second kappa shape index (κ2) is 5.33. The summed E-state index contributed by atoms with van der Waals surface area (Å²) < 4.78 is 0. The summed E-state index contributed by atoms with van der Waals surface area (Å²) in [4.78, 5) is 13.1. The third-order valence-electron chi connectivity index (χ3n) is 2.94. The number of rotatable bonds is 3. The predicted octanol–water partition coefficient (Wildman–Crippen LogP) is 4.11. The smallest absolute Gasteiger partial charge is 0.337 e. The molecule has 2 aromatic carbocycles. The molecule has 0 bridgehead atoms. The van der Waals surface area contributed by atoms with Gasteiger partial charge in [-0.05, 0) is 36.8 Å². The number of para-hydroxylation sites is 1. The summed E-state index contributed by atoms with van der Waals surface area (Å²) >= 11 is 6.15. The average molecular weight is 276 g/mol. The van der Waals surface area contributed by atoms with Crippen LogP contribution in [-0.4, -0.2) is 18.1 Å². The quantitative estimate of drug-likeness (QED) is 0.916. The normalized spacial score (nSPS) is 10.3. The standard InChI is InChI=1S/C15H14ClNO2/c1-10-5-3-6-11(9-10)17(2)14-12(15(18)19)7-4-8-13(14)16/h3-9H,1-2H3,(H,18,19). The monoisotopic (exact) mass is 275 g/mol. The van der Waals surface area contributed by atoms with Gasteiger partial charge in [-0.2, -0.15) is 0 Å². The van der Waals surface area contributed by atoms with Crippen molar-refractivity contribution in [1.82, 2.24) is 0 Å². The molecule has 0 aliphatic carbocycles. The van der Waals surface area contributed by atoms with E-state index in [0.717, 1.165) is 11.3 Å². The number of aromatic carboxylic acids is 1. The van der Waals surface area contributed by atoms with Gasteiger partial charge in [-0.25, -0.2) is 4.79 Å². The Bertz CT molecular complexity index is 625. The fourth-order valence-corrected chi connectivity index (χ4v) is 2.30. The minimum Gasteiger partial charge on any atom is -0.478 e. The molecule has 0 aliphatic heterocycles. The number of aryl methyl sites for hydroxylation is 1. The van der Waals surface area contributed by atoms with Gasteiger partial charge in [-0.15, -0.1) is 0 Å². The van der Waals surface area contributed by atoms with E-state index in [4.69, 9.17) is 11.6 Å². The Morgan fingerprint density at radius 3 is 2.53 bits per heavy atom.